The van der Waals surface area contributed by atoms with E-state index in [0.29, 0.717) is 4.47 Å². The summed E-state index contributed by atoms with van der Waals surface area (Å²) < 4.78 is 35.5. The van der Waals surface area contributed by atoms with Crippen LogP contribution in [0.4, 0.5) is 20.2 Å². The van der Waals surface area contributed by atoms with E-state index in [1.54, 1.807) is 13.1 Å². The lowest BCUT2D eigenvalue weighted by Crippen LogP contribution is -2.12. The van der Waals surface area contributed by atoms with Gasteiger partial charge in [0.25, 0.3) is 0 Å². The lowest BCUT2D eigenvalue weighted by molar-refractivity contribution is 0.0595. The normalized spacial score (nSPS) is 10.9. The highest BCUT2D eigenvalue weighted by molar-refractivity contribution is 9.10. The number of anilines is 2. The summed E-state index contributed by atoms with van der Waals surface area (Å²) >= 11 is 3.14. The number of halogens is 3. The van der Waals surface area contributed by atoms with E-state index < -0.39 is 17.6 Å². The zero-order chi connectivity index (χ0) is 17.4. The first-order valence-electron chi connectivity index (χ1n) is 6.73. The lowest BCUT2D eigenvalue weighted by Gasteiger charge is -2.12. The van der Waals surface area contributed by atoms with E-state index >= 15 is 0 Å². The Bertz CT molecular complexity index is 958. The third-order valence-electron chi connectivity index (χ3n) is 3.36. The number of methoxy groups -OCH3 is 1. The van der Waals surface area contributed by atoms with Crippen molar-refractivity contribution in [3.63, 3.8) is 0 Å². The van der Waals surface area contributed by atoms with Gasteiger partial charge in [-0.15, -0.1) is 0 Å². The zero-order valence-electron chi connectivity index (χ0n) is 12.6. The number of ether oxygens (including phenoxy) is 1. The number of benzene rings is 1. The highest BCUT2D eigenvalue weighted by atomic mass is 79.9. The fourth-order valence-electron chi connectivity index (χ4n) is 2.18. The first-order valence-corrected chi connectivity index (χ1v) is 7.52. The van der Waals surface area contributed by atoms with Crippen LogP contribution in [0.15, 0.2) is 29.0 Å². The molecule has 3 rings (SSSR count). The highest BCUT2D eigenvalue weighted by Crippen LogP contribution is 2.30. The smallest absolute Gasteiger partial charge is 0.359 e. The summed E-state index contributed by atoms with van der Waals surface area (Å²) in [7, 11) is 2.77. The van der Waals surface area contributed by atoms with Crippen LogP contribution in [0.2, 0.25) is 0 Å². The van der Waals surface area contributed by atoms with Crippen LogP contribution in [0.25, 0.3) is 11.2 Å². The van der Waals surface area contributed by atoms with E-state index in [4.69, 9.17) is 0 Å². The van der Waals surface area contributed by atoms with Gasteiger partial charge in [-0.3, -0.25) is 0 Å². The maximum Gasteiger partial charge on any atom is 0.359 e. The van der Waals surface area contributed by atoms with E-state index in [9.17, 15) is 13.6 Å². The number of aryl methyl sites for hydroxylation is 1. The van der Waals surface area contributed by atoms with Gasteiger partial charge in [0.1, 0.15) is 17.0 Å². The fraction of sp³-hybridized carbons (Fsp3) is 0.133. The van der Waals surface area contributed by atoms with Crippen molar-refractivity contribution in [2.75, 3.05) is 12.4 Å². The van der Waals surface area contributed by atoms with E-state index in [1.165, 1.54) is 23.0 Å². The molecule has 0 bridgehead atoms. The van der Waals surface area contributed by atoms with Crippen molar-refractivity contribution in [1.29, 1.82) is 0 Å². The Balaban J connectivity index is 2.21. The molecular formula is C15H11BrF2N4O2. The van der Waals surface area contributed by atoms with Gasteiger partial charge in [-0.1, -0.05) is 15.9 Å². The average molecular weight is 397 g/mol. The topological polar surface area (TPSA) is 69.0 Å². The molecule has 0 aliphatic heterocycles. The quantitative estimate of drug-likeness (QED) is 0.685. The van der Waals surface area contributed by atoms with Gasteiger partial charge in [-0.25, -0.2) is 23.5 Å². The molecule has 0 fully saturated rings. The first kappa shape index (κ1) is 16.3. The Morgan fingerprint density at radius 3 is 2.79 bits per heavy atom. The Hall–Kier alpha value is -2.55. The van der Waals surface area contributed by atoms with E-state index in [0.717, 1.165) is 7.11 Å². The van der Waals surface area contributed by atoms with E-state index in [2.05, 4.69) is 36.0 Å². The third kappa shape index (κ3) is 2.71. The maximum absolute atomic E-state index is 14.8. The van der Waals surface area contributed by atoms with Gasteiger partial charge < -0.3 is 14.6 Å². The molecule has 0 spiro atoms. The molecule has 9 heteroatoms. The number of nitrogens with one attached hydrogen (secondary N) is 1. The SMILES string of the molecule is COC(=O)c1nc2c(ncn2C)c(F)c1Nc1ccc(Br)cc1F. The predicted molar refractivity (Wildman–Crippen MR) is 87.2 cm³/mol. The lowest BCUT2D eigenvalue weighted by atomic mass is 10.2. The summed E-state index contributed by atoms with van der Waals surface area (Å²) in [5.74, 6) is -2.29. The van der Waals surface area contributed by atoms with Crippen molar-refractivity contribution in [1.82, 2.24) is 14.5 Å². The molecule has 0 unspecified atom stereocenters. The van der Waals surface area contributed by atoms with Crippen LogP contribution in [0, 0.1) is 11.6 Å². The van der Waals surface area contributed by atoms with Crippen molar-refractivity contribution in [2.45, 2.75) is 0 Å². The summed E-state index contributed by atoms with van der Waals surface area (Å²) in [5.41, 5.74) is -0.470. The molecule has 1 N–H and O–H groups in total. The minimum absolute atomic E-state index is 0.0145. The molecule has 2 heterocycles. The van der Waals surface area contributed by atoms with Crippen LogP contribution >= 0.6 is 15.9 Å². The van der Waals surface area contributed by atoms with Crippen molar-refractivity contribution in [3.05, 3.63) is 46.3 Å². The Morgan fingerprint density at radius 1 is 1.38 bits per heavy atom. The minimum Gasteiger partial charge on any atom is -0.464 e. The van der Waals surface area contributed by atoms with Crippen LogP contribution in [0.1, 0.15) is 10.5 Å². The number of rotatable bonds is 3. The summed E-state index contributed by atoms with van der Waals surface area (Å²) in [6.45, 7) is 0. The molecule has 1 aromatic carbocycles. The van der Waals surface area contributed by atoms with E-state index in [-0.39, 0.29) is 28.2 Å². The van der Waals surface area contributed by atoms with Gasteiger partial charge in [-0.05, 0) is 18.2 Å². The van der Waals surface area contributed by atoms with Gasteiger partial charge in [0.05, 0.1) is 19.1 Å². The predicted octanol–water partition coefficient (Wildman–Crippen LogP) is 3.54. The number of hydrogen-bond donors (Lipinski definition) is 1. The van der Waals surface area contributed by atoms with Crippen molar-refractivity contribution in [2.24, 2.45) is 7.05 Å². The molecular weight excluding hydrogens is 386 g/mol. The van der Waals surface area contributed by atoms with Crippen molar-refractivity contribution in [3.8, 4) is 0 Å². The highest BCUT2D eigenvalue weighted by Gasteiger charge is 2.24. The summed E-state index contributed by atoms with van der Waals surface area (Å²) in [6.07, 6.45) is 1.37. The Kier molecular flexibility index (Phi) is 4.18. The standard InChI is InChI=1S/C15H11BrF2N4O2/c1-22-6-19-12-10(18)11(13(15(23)24-2)21-14(12)22)20-9-4-3-7(16)5-8(9)17/h3-6,20H,1-2H3. The molecule has 0 aliphatic carbocycles. The number of pyridine rings is 1. The van der Waals surface area contributed by atoms with Crippen LogP contribution in [-0.2, 0) is 11.8 Å². The molecule has 0 saturated heterocycles. The summed E-state index contributed by atoms with van der Waals surface area (Å²) in [6, 6.07) is 4.20. The van der Waals surface area contributed by atoms with Gasteiger partial charge in [0.15, 0.2) is 17.2 Å². The number of fused-ring (bicyclic) bond motifs is 1. The summed E-state index contributed by atoms with van der Waals surface area (Å²) in [4.78, 5) is 20.0. The molecule has 3 aromatic rings. The average Bonchev–Trinajstić information content (AvgIpc) is 2.92. The number of imidazole rings is 1. The Labute approximate surface area is 143 Å². The second-order valence-corrected chi connectivity index (χ2v) is 5.83. The van der Waals surface area contributed by atoms with Crippen LogP contribution < -0.4 is 5.32 Å². The molecule has 124 valence electrons. The second kappa shape index (κ2) is 6.16. The molecule has 0 aliphatic rings. The fourth-order valence-corrected chi connectivity index (χ4v) is 2.51. The van der Waals surface area contributed by atoms with Crippen molar-refractivity contribution >= 4 is 44.4 Å². The molecule has 0 atom stereocenters. The van der Waals surface area contributed by atoms with Gasteiger partial charge >= 0.3 is 5.97 Å². The van der Waals surface area contributed by atoms with Crippen LogP contribution in [-0.4, -0.2) is 27.6 Å². The molecule has 0 amide bonds. The molecule has 6 nitrogen and oxygen atoms in total. The second-order valence-electron chi connectivity index (χ2n) is 4.92. The van der Waals surface area contributed by atoms with Crippen molar-refractivity contribution < 1.29 is 18.3 Å². The number of carbonyl (C=O) groups is 1. The summed E-state index contributed by atoms with van der Waals surface area (Å²) in [5, 5.41) is 2.57. The zero-order valence-corrected chi connectivity index (χ0v) is 14.2. The van der Waals surface area contributed by atoms with Gasteiger partial charge in [0.2, 0.25) is 0 Å². The molecule has 0 radical (unpaired) electrons. The van der Waals surface area contributed by atoms with E-state index in [1.807, 2.05) is 0 Å². The maximum atomic E-state index is 14.8. The monoisotopic (exact) mass is 396 g/mol. The number of aromatic nitrogens is 3. The number of carbonyl (C=O) groups excluding carboxylic acids is 1. The van der Waals surface area contributed by atoms with Gasteiger partial charge in [-0.2, -0.15) is 0 Å². The molecule has 2 aromatic heterocycles. The number of nitrogens with zero attached hydrogens (tertiary/aromatic N) is 3. The van der Waals surface area contributed by atoms with Crippen LogP contribution in [0.5, 0.6) is 0 Å². The minimum atomic E-state index is -0.850. The first-order chi connectivity index (χ1) is 11.4. The molecule has 24 heavy (non-hydrogen) atoms. The van der Waals surface area contributed by atoms with Crippen LogP contribution in [0.3, 0.4) is 0 Å². The Morgan fingerprint density at radius 2 is 2.12 bits per heavy atom. The third-order valence-corrected chi connectivity index (χ3v) is 3.85. The molecule has 0 saturated carbocycles. The number of hydrogen-bond acceptors (Lipinski definition) is 5. The largest absolute Gasteiger partial charge is 0.464 e. The number of esters is 1. The van der Waals surface area contributed by atoms with Gasteiger partial charge in [0, 0.05) is 11.5 Å².